The standard InChI is InChI=1S/C23H29FN4O/c24-20-4-3-18-13-19(23(26-22(18)14-20)27-8-10-29-11-9-27)15-25-6-1-7-28-16-17-2-5-21(28)12-17/h2-5,13-14,17,21,25H,1,6-12,15-16H2. The summed E-state index contributed by atoms with van der Waals surface area (Å²) in [5, 5.41) is 4.59. The molecule has 1 aliphatic carbocycles. The summed E-state index contributed by atoms with van der Waals surface area (Å²) >= 11 is 0. The van der Waals surface area contributed by atoms with Crippen molar-refractivity contribution in [2.45, 2.75) is 25.4 Å². The summed E-state index contributed by atoms with van der Waals surface area (Å²) in [6.07, 6.45) is 7.22. The second kappa shape index (κ2) is 8.38. The zero-order valence-electron chi connectivity index (χ0n) is 16.8. The number of nitrogens with zero attached hydrogens (tertiary/aromatic N) is 3. The molecular formula is C23H29FN4O. The molecule has 0 radical (unpaired) electrons. The average Bonchev–Trinajstić information content (AvgIpc) is 3.37. The Morgan fingerprint density at radius 2 is 2.07 bits per heavy atom. The lowest BCUT2D eigenvalue weighted by molar-refractivity contribution is 0.122. The molecule has 29 heavy (non-hydrogen) atoms. The van der Waals surface area contributed by atoms with Crippen LogP contribution in [0.5, 0.6) is 0 Å². The number of rotatable bonds is 7. The van der Waals surface area contributed by atoms with Gasteiger partial charge in [-0.15, -0.1) is 0 Å². The van der Waals surface area contributed by atoms with E-state index in [1.165, 1.54) is 30.7 Å². The molecule has 2 fully saturated rings. The van der Waals surface area contributed by atoms with Crippen LogP contribution in [0.3, 0.4) is 0 Å². The number of aromatic nitrogens is 1. The van der Waals surface area contributed by atoms with Crippen molar-refractivity contribution in [3.63, 3.8) is 0 Å². The Hall–Kier alpha value is -2.02. The van der Waals surface area contributed by atoms with Crippen LogP contribution in [0.4, 0.5) is 10.2 Å². The zero-order valence-corrected chi connectivity index (χ0v) is 16.8. The lowest BCUT2D eigenvalue weighted by Crippen LogP contribution is -2.37. The molecule has 2 unspecified atom stereocenters. The maximum absolute atomic E-state index is 13.7. The number of halogens is 1. The predicted molar refractivity (Wildman–Crippen MR) is 114 cm³/mol. The van der Waals surface area contributed by atoms with Crippen LogP contribution < -0.4 is 10.2 Å². The van der Waals surface area contributed by atoms with E-state index in [1.54, 1.807) is 0 Å². The highest BCUT2D eigenvalue weighted by molar-refractivity contribution is 5.82. The third-order valence-corrected chi connectivity index (χ3v) is 6.35. The van der Waals surface area contributed by atoms with Crippen LogP contribution in [0.15, 0.2) is 36.4 Å². The van der Waals surface area contributed by atoms with Crippen molar-refractivity contribution in [3.8, 4) is 0 Å². The fourth-order valence-corrected chi connectivity index (χ4v) is 4.84. The van der Waals surface area contributed by atoms with Crippen LogP contribution in [-0.4, -0.2) is 61.9 Å². The highest BCUT2D eigenvalue weighted by Gasteiger charge is 2.32. The van der Waals surface area contributed by atoms with Gasteiger partial charge in [0, 0.05) is 49.2 Å². The Bertz CT molecular complexity index is 896. The Balaban J connectivity index is 1.24. The van der Waals surface area contributed by atoms with Gasteiger partial charge in [-0.1, -0.05) is 12.2 Å². The second-order valence-corrected chi connectivity index (χ2v) is 8.38. The number of fused-ring (bicyclic) bond motifs is 3. The van der Waals surface area contributed by atoms with Crippen molar-refractivity contribution in [1.82, 2.24) is 15.2 Å². The van der Waals surface area contributed by atoms with Crippen molar-refractivity contribution in [2.24, 2.45) is 5.92 Å². The Morgan fingerprint density at radius 1 is 1.17 bits per heavy atom. The van der Waals surface area contributed by atoms with E-state index in [9.17, 15) is 4.39 Å². The summed E-state index contributed by atoms with van der Waals surface area (Å²) < 4.78 is 19.2. The summed E-state index contributed by atoms with van der Waals surface area (Å²) in [4.78, 5) is 9.69. The van der Waals surface area contributed by atoms with Crippen molar-refractivity contribution < 1.29 is 9.13 Å². The largest absolute Gasteiger partial charge is 0.378 e. The molecule has 5 nitrogen and oxygen atoms in total. The van der Waals surface area contributed by atoms with Gasteiger partial charge in [-0.2, -0.15) is 0 Å². The molecular weight excluding hydrogens is 367 g/mol. The van der Waals surface area contributed by atoms with Crippen molar-refractivity contribution in [3.05, 3.63) is 47.8 Å². The molecule has 154 valence electrons. The average molecular weight is 397 g/mol. The third kappa shape index (κ3) is 4.15. The number of likely N-dealkylation sites (tertiary alicyclic amines) is 1. The molecule has 1 N–H and O–H groups in total. The molecule has 2 atom stereocenters. The molecule has 5 rings (SSSR count). The van der Waals surface area contributed by atoms with Gasteiger partial charge in [-0.25, -0.2) is 9.37 Å². The smallest absolute Gasteiger partial charge is 0.133 e. The van der Waals surface area contributed by atoms with Crippen molar-refractivity contribution >= 4 is 16.7 Å². The van der Waals surface area contributed by atoms with E-state index >= 15 is 0 Å². The normalized spacial score (nSPS) is 24.1. The summed E-state index contributed by atoms with van der Waals surface area (Å²) in [6, 6.07) is 7.69. The lowest BCUT2D eigenvalue weighted by Gasteiger charge is -2.30. The Labute approximate surface area is 171 Å². The van der Waals surface area contributed by atoms with Gasteiger partial charge in [-0.05, 0) is 50.0 Å². The maximum Gasteiger partial charge on any atom is 0.133 e. The van der Waals surface area contributed by atoms with Gasteiger partial charge >= 0.3 is 0 Å². The molecule has 1 aromatic heterocycles. The Morgan fingerprint density at radius 3 is 2.86 bits per heavy atom. The number of pyridine rings is 1. The highest BCUT2D eigenvalue weighted by Crippen LogP contribution is 2.31. The monoisotopic (exact) mass is 396 g/mol. The molecule has 3 heterocycles. The van der Waals surface area contributed by atoms with Crippen molar-refractivity contribution in [2.75, 3.05) is 50.8 Å². The first-order chi connectivity index (χ1) is 14.3. The van der Waals surface area contributed by atoms with Crippen LogP contribution in [0.2, 0.25) is 0 Å². The minimum Gasteiger partial charge on any atom is -0.378 e. The first kappa shape index (κ1) is 19.0. The number of anilines is 1. The number of hydrogen-bond acceptors (Lipinski definition) is 5. The fraction of sp³-hybridized carbons (Fsp3) is 0.522. The van der Waals surface area contributed by atoms with Crippen LogP contribution in [0.1, 0.15) is 18.4 Å². The van der Waals surface area contributed by atoms with E-state index in [0.29, 0.717) is 24.8 Å². The van der Waals surface area contributed by atoms with Crippen molar-refractivity contribution in [1.29, 1.82) is 0 Å². The highest BCUT2D eigenvalue weighted by atomic mass is 19.1. The van der Waals surface area contributed by atoms with E-state index < -0.39 is 0 Å². The first-order valence-electron chi connectivity index (χ1n) is 10.8. The zero-order chi connectivity index (χ0) is 19.6. The summed E-state index contributed by atoms with van der Waals surface area (Å²) in [5.41, 5.74) is 1.89. The van der Waals surface area contributed by atoms with E-state index in [1.807, 2.05) is 6.07 Å². The molecule has 1 aromatic carbocycles. The number of morpholine rings is 1. The first-order valence-corrected chi connectivity index (χ1v) is 10.8. The summed E-state index contributed by atoms with van der Waals surface area (Å²) in [5.74, 6) is 1.51. The van der Waals surface area contributed by atoms with Crippen LogP contribution in [-0.2, 0) is 11.3 Å². The lowest BCUT2D eigenvalue weighted by atomic mass is 10.1. The molecule has 0 saturated carbocycles. The molecule has 2 aromatic rings. The van der Waals surface area contributed by atoms with Gasteiger partial charge in [0.2, 0.25) is 0 Å². The van der Waals surface area contributed by atoms with Gasteiger partial charge in [-0.3, -0.25) is 4.90 Å². The molecule has 2 aliphatic heterocycles. The topological polar surface area (TPSA) is 40.6 Å². The number of ether oxygens (including phenoxy) is 1. The SMILES string of the molecule is Fc1ccc2cc(CNCCCN3CC4C=CC3C4)c(N3CCOCC3)nc2c1. The molecule has 0 amide bonds. The quantitative estimate of drug-likeness (QED) is 0.576. The van der Waals surface area contributed by atoms with E-state index in [2.05, 4.69) is 33.3 Å². The van der Waals surface area contributed by atoms with E-state index in [0.717, 1.165) is 56.3 Å². The van der Waals surface area contributed by atoms with Crippen LogP contribution in [0, 0.1) is 11.7 Å². The molecule has 2 bridgehead atoms. The minimum absolute atomic E-state index is 0.241. The maximum atomic E-state index is 13.7. The van der Waals surface area contributed by atoms with Crippen LogP contribution in [0.25, 0.3) is 10.9 Å². The minimum atomic E-state index is -0.241. The van der Waals surface area contributed by atoms with Crippen LogP contribution >= 0.6 is 0 Å². The summed E-state index contributed by atoms with van der Waals surface area (Å²) in [7, 11) is 0. The summed E-state index contributed by atoms with van der Waals surface area (Å²) in [6.45, 7) is 7.22. The van der Waals surface area contributed by atoms with Gasteiger partial charge in [0.15, 0.2) is 0 Å². The molecule has 0 spiro atoms. The third-order valence-electron chi connectivity index (χ3n) is 6.35. The Kier molecular flexibility index (Phi) is 5.48. The number of hydrogen-bond donors (Lipinski definition) is 1. The van der Waals surface area contributed by atoms with Gasteiger partial charge < -0.3 is 15.0 Å². The molecule has 3 aliphatic rings. The van der Waals surface area contributed by atoms with Gasteiger partial charge in [0.1, 0.15) is 11.6 Å². The second-order valence-electron chi connectivity index (χ2n) is 8.38. The number of nitrogens with one attached hydrogen (secondary N) is 1. The van der Waals surface area contributed by atoms with Gasteiger partial charge in [0.05, 0.1) is 18.7 Å². The molecule has 2 saturated heterocycles. The fourth-order valence-electron chi connectivity index (χ4n) is 4.84. The predicted octanol–water partition coefficient (Wildman–Crippen LogP) is 2.95. The molecule has 6 heteroatoms. The van der Waals surface area contributed by atoms with E-state index in [-0.39, 0.29) is 5.82 Å². The van der Waals surface area contributed by atoms with Gasteiger partial charge in [0.25, 0.3) is 0 Å². The van der Waals surface area contributed by atoms with E-state index in [4.69, 9.17) is 9.72 Å². The number of benzene rings is 1.